The number of anilines is 1. The molecular weight excluding hydrogens is 378 g/mol. The van der Waals surface area contributed by atoms with Gasteiger partial charge in [-0.25, -0.2) is 4.79 Å². The van der Waals surface area contributed by atoms with Gasteiger partial charge in [0.15, 0.2) is 18.1 Å². The van der Waals surface area contributed by atoms with Crippen molar-refractivity contribution in [2.45, 2.75) is 6.29 Å². The highest BCUT2D eigenvalue weighted by Crippen LogP contribution is 2.42. The maximum absolute atomic E-state index is 12.9. The topological polar surface area (TPSA) is 117 Å². The minimum absolute atomic E-state index is 0.0326. The second-order valence-electron chi connectivity index (χ2n) is 4.85. The van der Waals surface area contributed by atoms with E-state index in [1.54, 1.807) is 0 Å². The molecule has 0 aliphatic carbocycles. The van der Waals surface area contributed by atoms with Gasteiger partial charge in [-0.05, 0) is 18.2 Å². The first-order valence-electron chi connectivity index (χ1n) is 6.84. The van der Waals surface area contributed by atoms with Crippen LogP contribution in [0.15, 0.2) is 30.3 Å². The van der Waals surface area contributed by atoms with E-state index in [9.17, 15) is 28.5 Å². The maximum atomic E-state index is 12.9. The molecule has 1 aliphatic heterocycles. The third kappa shape index (κ3) is 3.85. The van der Waals surface area contributed by atoms with Gasteiger partial charge < -0.3 is 19.5 Å². The molecule has 0 saturated heterocycles. The number of hydrogen-bond donors (Lipinski definition) is 1. The van der Waals surface area contributed by atoms with E-state index in [1.807, 2.05) is 0 Å². The van der Waals surface area contributed by atoms with Gasteiger partial charge in [-0.3, -0.25) is 14.9 Å². The highest BCUT2D eigenvalue weighted by molar-refractivity contribution is 7.17. The molecule has 2 heterocycles. The quantitative estimate of drug-likeness (QED) is 0.477. The summed E-state index contributed by atoms with van der Waals surface area (Å²) in [6, 6.07) is 5.96. The Morgan fingerprint density at radius 2 is 1.96 bits per heavy atom. The molecule has 1 aromatic carbocycles. The molecule has 136 valence electrons. The maximum Gasteiger partial charge on any atom is 0.586 e. The Kier molecular flexibility index (Phi) is 4.42. The van der Waals surface area contributed by atoms with Crippen molar-refractivity contribution in [1.29, 1.82) is 0 Å². The van der Waals surface area contributed by atoms with Crippen LogP contribution in [-0.4, -0.2) is 29.7 Å². The molecule has 12 heteroatoms. The monoisotopic (exact) mass is 386 g/mol. The number of ether oxygens (including phenoxy) is 3. The second kappa shape index (κ2) is 6.55. The molecule has 26 heavy (non-hydrogen) atoms. The Labute approximate surface area is 147 Å². The summed E-state index contributed by atoms with van der Waals surface area (Å²) >= 11 is 0.611. The fraction of sp³-hybridized carbons (Fsp3) is 0.143. The zero-order valence-corrected chi connectivity index (χ0v) is 13.4. The van der Waals surface area contributed by atoms with E-state index in [1.165, 1.54) is 18.2 Å². The fourth-order valence-electron chi connectivity index (χ4n) is 1.96. The summed E-state index contributed by atoms with van der Waals surface area (Å²) in [6.45, 7) is -0.671. The molecule has 0 bridgehead atoms. The average Bonchev–Trinajstić information content (AvgIpc) is 3.15. The lowest BCUT2D eigenvalue weighted by atomic mass is 10.3. The van der Waals surface area contributed by atoms with E-state index < -0.39 is 29.7 Å². The Balaban J connectivity index is 1.55. The van der Waals surface area contributed by atoms with Crippen LogP contribution < -0.4 is 14.8 Å². The Bertz CT molecular complexity index is 899. The van der Waals surface area contributed by atoms with Crippen molar-refractivity contribution in [2.24, 2.45) is 0 Å². The van der Waals surface area contributed by atoms with E-state index in [-0.39, 0.29) is 27.1 Å². The lowest BCUT2D eigenvalue weighted by molar-refractivity contribution is -0.380. The Hall–Kier alpha value is -3.28. The Morgan fingerprint density at radius 3 is 2.65 bits per heavy atom. The minimum atomic E-state index is -3.77. The smallest absolute Gasteiger partial charge is 0.451 e. The summed E-state index contributed by atoms with van der Waals surface area (Å²) in [5.74, 6) is -2.08. The largest absolute Gasteiger partial charge is 0.586 e. The lowest BCUT2D eigenvalue weighted by Gasteiger charge is -2.06. The van der Waals surface area contributed by atoms with Crippen molar-refractivity contribution in [3.8, 4) is 11.5 Å². The van der Waals surface area contributed by atoms with Gasteiger partial charge in [0.25, 0.3) is 5.91 Å². The van der Waals surface area contributed by atoms with Crippen LogP contribution in [0.3, 0.4) is 0 Å². The van der Waals surface area contributed by atoms with Gasteiger partial charge in [0, 0.05) is 17.8 Å². The van der Waals surface area contributed by atoms with E-state index in [0.29, 0.717) is 11.3 Å². The summed E-state index contributed by atoms with van der Waals surface area (Å²) in [4.78, 5) is 33.4. The molecule has 9 nitrogen and oxygen atoms in total. The molecule has 1 aromatic heterocycles. The van der Waals surface area contributed by atoms with Crippen molar-refractivity contribution >= 4 is 33.9 Å². The van der Waals surface area contributed by atoms with Crippen molar-refractivity contribution in [1.82, 2.24) is 0 Å². The molecule has 0 atom stereocenters. The molecule has 1 aliphatic rings. The van der Waals surface area contributed by atoms with Crippen LogP contribution in [0.5, 0.6) is 11.5 Å². The molecule has 1 N–H and O–H groups in total. The third-order valence-electron chi connectivity index (χ3n) is 2.99. The molecule has 3 rings (SSSR count). The van der Waals surface area contributed by atoms with E-state index in [0.717, 1.165) is 12.1 Å². The van der Waals surface area contributed by atoms with E-state index in [2.05, 4.69) is 14.8 Å². The number of thiophene rings is 1. The minimum Gasteiger partial charge on any atom is -0.451 e. The number of rotatable bonds is 5. The number of hydrogen-bond acceptors (Lipinski definition) is 8. The Morgan fingerprint density at radius 1 is 1.23 bits per heavy atom. The van der Waals surface area contributed by atoms with Crippen LogP contribution in [-0.2, 0) is 9.53 Å². The van der Waals surface area contributed by atoms with Gasteiger partial charge in [-0.1, -0.05) is 11.3 Å². The van der Waals surface area contributed by atoms with Gasteiger partial charge in [0.1, 0.15) is 4.88 Å². The molecule has 0 saturated carbocycles. The number of nitrogens with zero attached hydrogens (tertiary/aromatic N) is 1. The molecule has 2 aromatic rings. The predicted octanol–water partition coefficient (Wildman–Crippen LogP) is 2.77. The molecule has 0 spiro atoms. The number of alkyl halides is 2. The zero-order valence-electron chi connectivity index (χ0n) is 12.6. The highest BCUT2D eigenvalue weighted by Gasteiger charge is 2.43. The second-order valence-corrected chi connectivity index (χ2v) is 5.91. The molecular formula is C14H8F2N2O7S. The zero-order chi connectivity index (χ0) is 18.9. The van der Waals surface area contributed by atoms with E-state index >= 15 is 0 Å². The van der Waals surface area contributed by atoms with Crippen molar-refractivity contribution < 1.29 is 37.5 Å². The molecule has 0 fully saturated rings. The van der Waals surface area contributed by atoms with E-state index in [4.69, 9.17) is 4.74 Å². The summed E-state index contributed by atoms with van der Waals surface area (Å²) < 4.78 is 39.1. The number of halogens is 2. The summed E-state index contributed by atoms with van der Waals surface area (Å²) in [5, 5.41) is 12.7. The number of amides is 1. The number of nitro groups is 1. The first-order valence-corrected chi connectivity index (χ1v) is 7.66. The molecule has 0 unspecified atom stereocenters. The number of carbonyl (C=O) groups excluding carboxylic acids is 2. The summed E-state index contributed by atoms with van der Waals surface area (Å²) in [7, 11) is 0. The van der Waals surface area contributed by atoms with Gasteiger partial charge in [0.2, 0.25) is 0 Å². The van der Waals surface area contributed by atoms with Gasteiger partial charge >= 0.3 is 17.3 Å². The number of benzene rings is 1. The first-order chi connectivity index (χ1) is 12.2. The number of fused-ring (bicyclic) bond motifs is 1. The summed E-state index contributed by atoms with van der Waals surface area (Å²) in [6.07, 6.45) is -3.77. The SMILES string of the molecule is O=C(COC(=O)c1ccc([N+](=O)[O-])s1)Nc1ccc2c(c1)OC(F)(F)O2. The van der Waals surface area contributed by atoms with Gasteiger partial charge in [-0.2, -0.15) is 0 Å². The predicted molar refractivity (Wildman–Crippen MR) is 82.5 cm³/mol. The van der Waals surface area contributed by atoms with Crippen molar-refractivity contribution in [3.63, 3.8) is 0 Å². The van der Waals surface area contributed by atoms with Crippen molar-refractivity contribution in [2.75, 3.05) is 11.9 Å². The normalized spacial score (nSPS) is 13.9. The van der Waals surface area contributed by atoms with Crippen LogP contribution in [0.2, 0.25) is 0 Å². The summed E-state index contributed by atoms with van der Waals surface area (Å²) in [5.41, 5.74) is 0.123. The van der Waals surface area contributed by atoms with Crippen LogP contribution in [0.1, 0.15) is 9.67 Å². The number of nitrogens with one attached hydrogen (secondary N) is 1. The van der Waals surface area contributed by atoms with Crippen LogP contribution in [0.25, 0.3) is 0 Å². The highest BCUT2D eigenvalue weighted by atomic mass is 32.1. The molecule has 1 amide bonds. The first kappa shape index (κ1) is 17.5. The van der Waals surface area contributed by atoms with Crippen molar-refractivity contribution in [3.05, 3.63) is 45.3 Å². The van der Waals surface area contributed by atoms with Crippen LogP contribution in [0.4, 0.5) is 19.5 Å². The lowest BCUT2D eigenvalue weighted by Crippen LogP contribution is -2.25. The third-order valence-corrected chi connectivity index (χ3v) is 4.01. The van der Waals surface area contributed by atoms with Crippen LogP contribution in [0, 0.1) is 10.1 Å². The standard InChI is InChI=1S/C14H8F2N2O7S/c15-14(16)24-8-2-1-7(5-9(8)25-14)17-11(19)6-23-13(20)10-3-4-12(26-10)18(21)22/h1-5H,6H2,(H,17,19). The average molecular weight is 386 g/mol. The number of esters is 1. The number of carbonyl (C=O) groups is 2. The molecule has 0 radical (unpaired) electrons. The van der Waals surface area contributed by atoms with Gasteiger partial charge in [-0.15, -0.1) is 8.78 Å². The van der Waals surface area contributed by atoms with Gasteiger partial charge in [0.05, 0.1) is 4.92 Å². The fourth-order valence-corrected chi connectivity index (χ4v) is 2.68. The van der Waals surface area contributed by atoms with Crippen LogP contribution >= 0.6 is 11.3 Å².